The number of fused-ring (bicyclic) bond motifs is 1. The van der Waals surface area contributed by atoms with E-state index in [-0.39, 0.29) is 11.9 Å². The van der Waals surface area contributed by atoms with Gasteiger partial charge in [-0.25, -0.2) is 13.8 Å². The minimum absolute atomic E-state index is 0.0599. The van der Waals surface area contributed by atoms with Crippen LogP contribution in [0.15, 0.2) is 48.9 Å². The van der Waals surface area contributed by atoms with E-state index in [1.165, 1.54) is 31.0 Å². The number of aryl methyl sites for hydroxylation is 1. The van der Waals surface area contributed by atoms with Gasteiger partial charge in [-0.15, -0.1) is 0 Å². The van der Waals surface area contributed by atoms with Gasteiger partial charge < -0.3 is 25.4 Å². The van der Waals surface area contributed by atoms with Gasteiger partial charge in [-0.2, -0.15) is 0 Å². The predicted molar refractivity (Wildman–Crippen MR) is 163 cm³/mol. The Morgan fingerprint density at radius 3 is 2.86 bits per heavy atom. The van der Waals surface area contributed by atoms with Crippen LogP contribution < -0.4 is 16.0 Å². The number of para-hydroxylation sites is 1. The summed E-state index contributed by atoms with van der Waals surface area (Å²) in [5, 5.41) is 10.1. The smallest absolute Gasteiger partial charge is 0.242 e. The van der Waals surface area contributed by atoms with Crippen molar-refractivity contribution < 1.29 is 13.6 Å². The largest absolute Gasteiger partial charge is 0.312 e. The Labute approximate surface area is 248 Å². The first-order valence-electron chi connectivity index (χ1n) is 15.5. The molecule has 1 fully saturated rings. The van der Waals surface area contributed by atoms with Gasteiger partial charge in [-0.05, 0) is 92.9 Å². The third kappa shape index (κ3) is 7.62. The molecule has 2 aliphatic rings. The van der Waals surface area contributed by atoms with Gasteiger partial charge in [0, 0.05) is 25.2 Å². The zero-order valence-corrected chi connectivity index (χ0v) is 24.8. The number of hydrogen-bond donors (Lipinski definition) is 3. The summed E-state index contributed by atoms with van der Waals surface area (Å²) in [4.78, 5) is 20.3. The number of aromatic nitrogens is 2. The summed E-state index contributed by atoms with van der Waals surface area (Å²) in [6.07, 6.45) is 9.33. The summed E-state index contributed by atoms with van der Waals surface area (Å²) in [6.45, 7) is 9.52. The number of carbonyl (C=O) groups is 1. The molecule has 9 heteroatoms. The lowest BCUT2D eigenvalue weighted by atomic mass is 9.87. The lowest BCUT2D eigenvalue weighted by Crippen LogP contribution is -2.48. The third-order valence-electron chi connectivity index (χ3n) is 8.70. The number of piperidine rings is 1. The van der Waals surface area contributed by atoms with Crippen LogP contribution in [-0.4, -0.2) is 58.6 Å². The van der Waals surface area contributed by atoms with Crippen LogP contribution in [0.5, 0.6) is 0 Å². The normalized spacial score (nSPS) is 19.8. The molecule has 3 N–H and O–H groups in total. The Balaban J connectivity index is 1.18. The molecule has 3 aromatic rings. The van der Waals surface area contributed by atoms with E-state index in [2.05, 4.69) is 44.9 Å². The highest BCUT2D eigenvalue weighted by Gasteiger charge is 2.27. The Morgan fingerprint density at radius 2 is 2.02 bits per heavy atom. The van der Waals surface area contributed by atoms with E-state index < -0.39 is 17.7 Å². The van der Waals surface area contributed by atoms with Crippen molar-refractivity contribution in [2.24, 2.45) is 5.92 Å². The zero-order chi connectivity index (χ0) is 29.5. The van der Waals surface area contributed by atoms with Gasteiger partial charge in [0.1, 0.15) is 18.0 Å². The quantitative estimate of drug-likeness (QED) is 0.275. The SMILES string of the molecule is CCCC(N[C@H]1CCc2cc(F)cc(F)c2C1)C(=O)Nc1cn(-c2ccccc2CNCC2CCCN(CC)C2)cn1. The first-order valence-corrected chi connectivity index (χ1v) is 15.5. The molecule has 1 aliphatic carbocycles. The fraction of sp³-hybridized carbons (Fsp3) is 0.515. The second kappa shape index (κ2) is 14.4. The molecule has 5 rings (SSSR count). The van der Waals surface area contributed by atoms with Gasteiger partial charge in [0.15, 0.2) is 5.82 Å². The Hall–Kier alpha value is -3.14. The van der Waals surface area contributed by atoms with E-state index in [1.54, 1.807) is 6.33 Å². The monoisotopic (exact) mass is 578 g/mol. The van der Waals surface area contributed by atoms with Crippen molar-refractivity contribution in [1.29, 1.82) is 0 Å². The van der Waals surface area contributed by atoms with E-state index in [0.29, 0.717) is 36.6 Å². The molecule has 1 amide bonds. The summed E-state index contributed by atoms with van der Waals surface area (Å²) in [6, 6.07) is 10.1. The fourth-order valence-electron chi connectivity index (χ4n) is 6.45. The van der Waals surface area contributed by atoms with Crippen molar-refractivity contribution in [3.8, 4) is 5.69 Å². The lowest BCUT2D eigenvalue weighted by Gasteiger charge is -2.32. The van der Waals surface area contributed by atoms with Crippen LogP contribution >= 0.6 is 0 Å². The topological polar surface area (TPSA) is 74.2 Å². The van der Waals surface area contributed by atoms with E-state index >= 15 is 0 Å². The minimum Gasteiger partial charge on any atom is -0.312 e. The molecule has 1 saturated heterocycles. The van der Waals surface area contributed by atoms with E-state index in [4.69, 9.17) is 0 Å². The first-order chi connectivity index (χ1) is 20.4. The molecule has 0 radical (unpaired) electrons. The predicted octanol–water partition coefficient (Wildman–Crippen LogP) is 5.23. The molecule has 2 heterocycles. The number of rotatable bonds is 12. The summed E-state index contributed by atoms with van der Waals surface area (Å²) < 4.78 is 30.0. The number of amides is 1. The molecule has 0 bridgehead atoms. The number of halogens is 2. The lowest BCUT2D eigenvalue weighted by molar-refractivity contribution is -0.118. The first kappa shape index (κ1) is 30.3. The van der Waals surface area contributed by atoms with Crippen LogP contribution in [0, 0.1) is 17.6 Å². The second-order valence-electron chi connectivity index (χ2n) is 11.8. The van der Waals surface area contributed by atoms with Gasteiger partial charge in [0.25, 0.3) is 0 Å². The maximum atomic E-state index is 14.4. The van der Waals surface area contributed by atoms with Crippen molar-refractivity contribution in [1.82, 2.24) is 25.1 Å². The average Bonchev–Trinajstić information content (AvgIpc) is 3.45. The molecule has 0 saturated carbocycles. The van der Waals surface area contributed by atoms with Gasteiger partial charge in [0.05, 0.1) is 17.9 Å². The molecular formula is C33H44F2N6O. The summed E-state index contributed by atoms with van der Waals surface area (Å²) >= 11 is 0. The molecule has 3 atom stereocenters. The van der Waals surface area contributed by atoms with Crippen molar-refractivity contribution in [2.45, 2.75) is 77.4 Å². The molecule has 2 unspecified atom stereocenters. The molecule has 226 valence electrons. The number of benzene rings is 2. The number of carbonyl (C=O) groups excluding carboxylic acids is 1. The van der Waals surface area contributed by atoms with E-state index in [0.717, 1.165) is 56.3 Å². The van der Waals surface area contributed by atoms with E-state index in [1.807, 2.05) is 29.8 Å². The standard InChI is InChI=1S/C33H44F2N6O/c1-3-8-30(38-27-13-12-24-15-26(34)16-29(35)28(24)17-27)33(42)39-32-21-41(22-37-32)31-11-6-5-10-25(31)19-36-18-23-9-7-14-40(4-2)20-23/h5-6,10-11,15-16,21-23,27,30,36,38H,3-4,7-9,12-14,17-20H2,1-2H3,(H,39,42)/t23?,27-,30?/m0/s1. The van der Waals surface area contributed by atoms with Gasteiger partial charge in [-0.3, -0.25) is 4.79 Å². The van der Waals surface area contributed by atoms with Crippen LogP contribution in [-0.2, 0) is 24.2 Å². The fourth-order valence-corrected chi connectivity index (χ4v) is 6.45. The molecular weight excluding hydrogens is 534 g/mol. The van der Waals surface area contributed by atoms with Gasteiger partial charge in [0.2, 0.25) is 5.91 Å². The maximum Gasteiger partial charge on any atom is 0.242 e. The summed E-state index contributed by atoms with van der Waals surface area (Å²) in [5.41, 5.74) is 3.47. The number of nitrogens with one attached hydrogen (secondary N) is 3. The van der Waals surface area contributed by atoms with Crippen LogP contribution in [0.4, 0.5) is 14.6 Å². The van der Waals surface area contributed by atoms with Crippen molar-refractivity contribution in [3.05, 3.63) is 77.2 Å². The van der Waals surface area contributed by atoms with Crippen LogP contribution in [0.2, 0.25) is 0 Å². The molecule has 7 nitrogen and oxygen atoms in total. The molecule has 1 aromatic heterocycles. The highest BCUT2D eigenvalue weighted by Crippen LogP contribution is 2.26. The van der Waals surface area contributed by atoms with Crippen molar-refractivity contribution >= 4 is 11.7 Å². The third-order valence-corrected chi connectivity index (χ3v) is 8.70. The number of anilines is 1. The van der Waals surface area contributed by atoms with Crippen molar-refractivity contribution in [2.75, 3.05) is 31.5 Å². The van der Waals surface area contributed by atoms with E-state index in [9.17, 15) is 13.6 Å². The zero-order valence-electron chi connectivity index (χ0n) is 24.8. The number of imidazole rings is 1. The number of nitrogens with zero attached hydrogens (tertiary/aromatic N) is 3. The highest BCUT2D eigenvalue weighted by atomic mass is 19.1. The summed E-state index contributed by atoms with van der Waals surface area (Å²) in [7, 11) is 0. The molecule has 1 aliphatic heterocycles. The summed E-state index contributed by atoms with van der Waals surface area (Å²) in [5.74, 6) is -0.0386. The molecule has 0 spiro atoms. The van der Waals surface area contributed by atoms with Crippen LogP contribution in [0.1, 0.15) is 62.6 Å². The maximum absolute atomic E-state index is 14.4. The van der Waals surface area contributed by atoms with Crippen molar-refractivity contribution in [3.63, 3.8) is 0 Å². The number of likely N-dealkylation sites (tertiary alicyclic amines) is 1. The Bertz CT molecular complexity index is 1340. The molecule has 42 heavy (non-hydrogen) atoms. The van der Waals surface area contributed by atoms with Gasteiger partial charge >= 0.3 is 0 Å². The molecule has 2 aromatic carbocycles. The highest BCUT2D eigenvalue weighted by molar-refractivity contribution is 5.94. The second-order valence-corrected chi connectivity index (χ2v) is 11.8. The minimum atomic E-state index is -0.540. The Kier molecular flexibility index (Phi) is 10.4. The number of hydrogen-bond acceptors (Lipinski definition) is 5. The Morgan fingerprint density at radius 1 is 1.17 bits per heavy atom. The van der Waals surface area contributed by atoms with Crippen LogP contribution in [0.3, 0.4) is 0 Å². The van der Waals surface area contributed by atoms with Crippen LogP contribution in [0.25, 0.3) is 5.69 Å². The average molecular weight is 579 g/mol. The van der Waals surface area contributed by atoms with Gasteiger partial charge in [-0.1, -0.05) is 38.5 Å².